The summed E-state index contributed by atoms with van der Waals surface area (Å²) in [4.78, 5) is 21.4. The number of carbonyl (C=O) groups is 1. The van der Waals surface area contributed by atoms with Crippen LogP contribution in [-0.2, 0) is 6.54 Å². The second-order valence-electron chi connectivity index (χ2n) is 5.94. The summed E-state index contributed by atoms with van der Waals surface area (Å²) in [5, 5.41) is 5.55. The molecule has 1 aromatic carbocycles. The Balaban J connectivity index is 1.37. The van der Waals surface area contributed by atoms with Gasteiger partial charge in [-0.2, -0.15) is 0 Å². The molecule has 2 amide bonds. The van der Waals surface area contributed by atoms with Crippen LogP contribution in [0, 0.1) is 11.6 Å². The molecule has 0 atom stereocenters. The number of piperazine rings is 1. The van der Waals surface area contributed by atoms with Gasteiger partial charge in [-0.15, -0.1) is 11.3 Å². The highest BCUT2D eigenvalue weighted by molar-refractivity contribution is 7.22. The van der Waals surface area contributed by atoms with E-state index in [1.165, 1.54) is 17.4 Å². The lowest BCUT2D eigenvalue weighted by molar-refractivity contribution is 0.194. The number of carbonyl (C=O) groups excluding carboxylic acids is 1. The number of rotatable bonds is 3. The van der Waals surface area contributed by atoms with Crippen molar-refractivity contribution in [3.8, 4) is 0 Å². The minimum Gasteiger partial charge on any atom is -0.345 e. The zero-order chi connectivity index (χ0) is 18.1. The normalized spacial score (nSPS) is 14.8. The van der Waals surface area contributed by atoms with Gasteiger partial charge in [0.25, 0.3) is 0 Å². The molecule has 9 heteroatoms. The van der Waals surface area contributed by atoms with Crippen LogP contribution in [0.1, 0.15) is 4.88 Å². The molecule has 0 spiro atoms. The fourth-order valence-corrected chi connectivity index (χ4v) is 4.57. The van der Waals surface area contributed by atoms with Gasteiger partial charge in [-0.3, -0.25) is 0 Å². The van der Waals surface area contributed by atoms with Gasteiger partial charge in [-0.05, 0) is 17.5 Å². The fraction of sp³-hybridized carbons (Fsp3) is 0.294. The molecule has 1 N–H and O–H groups in total. The SMILES string of the molecule is O=C(NCc1cccs1)N1CCN(c2nc3c(F)cc(F)cc3s2)CC1. The molecule has 0 bridgehead atoms. The Labute approximate surface area is 156 Å². The van der Waals surface area contributed by atoms with Crippen molar-refractivity contribution in [2.24, 2.45) is 0 Å². The Morgan fingerprint density at radius 2 is 2.04 bits per heavy atom. The van der Waals surface area contributed by atoms with Crippen LogP contribution in [0.5, 0.6) is 0 Å². The van der Waals surface area contributed by atoms with Gasteiger partial charge < -0.3 is 15.1 Å². The van der Waals surface area contributed by atoms with E-state index < -0.39 is 11.6 Å². The molecule has 0 saturated carbocycles. The van der Waals surface area contributed by atoms with E-state index in [1.807, 2.05) is 22.4 Å². The van der Waals surface area contributed by atoms with E-state index in [2.05, 4.69) is 10.3 Å². The smallest absolute Gasteiger partial charge is 0.317 e. The molecule has 26 heavy (non-hydrogen) atoms. The maximum absolute atomic E-state index is 13.8. The van der Waals surface area contributed by atoms with Gasteiger partial charge >= 0.3 is 6.03 Å². The molecular weight excluding hydrogens is 378 g/mol. The number of aromatic nitrogens is 1. The number of amides is 2. The highest BCUT2D eigenvalue weighted by Crippen LogP contribution is 2.31. The third-order valence-electron chi connectivity index (χ3n) is 4.23. The molecule has 0 radical (unpaired) electrons. The Hall–Kier alpha value is -2.26. The molecule has 4 rings (SSSR count). The maximum atomic E-state index is 13.8. The molecule has 3 aromatic rings. The number of hydrogen-bond acceptors (Lipinski definition) is 5. The first-order valence-electron chi connectivity index (χ1n) is 8.16. The lowest BCUT2D eigenvalue weighted by Gasteiger charge is -2.34. The highest BCUT2D eigenvalue weighted by atomic mass is 32.1. The first-order valence-corrected chi connectivity index (χ1v) is 9.85. The first kappa shape index (κ1) is 17.2. The molecule has 2 aromatic heterocycles. The number of anilines is 1. The number of hydrogen-bond donors (Lipinski definition) is 1. The minimum absolute atomic E-state index is 0.0875. The number of fused-ring (bicyclic) bond motifs is 1. The molecule has 1 saturated heterocycles. The monoisotopic (exact) mass is 394 g/mol. The van der Waals surface area contributed by atoms with Gasteiger partial charge in [-0.25, -0.2) is 18.6 Å². The van der Waals surface area contributed by atoms with E-state index in [1.54, 1.807) is 16.2 Å². The van der Waals surface area contributed by atoms with Crippen LogP contribution in [0.15, 0.2) is 29.6 Å². The first-order chi connectivity index (χ1) is 12.6. The Morgan fingerprint density at radius 3 is 2.77 bits per heavy atom. The quantitative estimate of drug-likeness (QED) is 0.737. The minimum atomic E-state index is -0.644. The standard InChI is InChI=1S/C17H16F2N4OS2/c18-11-8-13(19)15-14(9-11)26-17(21-15)23-5-3-22(4-6-23)16(24)20-10-12-2-1-7-25-12/h1-2,7-9H,3-6,10H2,(H,20,24). The van der Waals surface area contributed by atoms with Crippen LogP contribution in [0.25, 0.3) is 10.2 Å². The number of benzene rings is 1. The zero-order valence-corrected chi connectivity index (χ0v) is 15.4. The van der Waals surface area contributed by atoms with Gasteiger partial charge in [0.2, 0.25) is 0 Å². The molecule has 0 aliphatic carbocycles. The van der Waals surface area contributed by atoms with Crippen molar-refractivity contribution < 1.29 is 13.6 Å². The van der Waals surface area contributed by atoms with Crippen molar-refractivity contribution in [3.05, 3.63) is 46.2 Å². The number of thiophene rings is 1. The topological polar surface area (TPSA) is 48.5 Å². The summed E-state index contributed by atoms with van der Waals surface area (Å²) in [6.07, 6.45) is 0. The molecule has 5 nitrogen and oxygen atoms in total. The Morgan fingerprint density at radius 1 is 1.23 bits per heavy atom. The summed E-state index contributed by atoms with van der Waals surface area (Å²) in [5.74, 6) is -1.24. The number of nitrogens with zero attached hydrogens (tertiary/aromatic N) is 3. The molecule has 136 valence electrons. The van der Waals surface area contributed by atoms with Crippen LogP contribution >= 0.6 is 22.7 Å². The van der Waals surface area contributed by atoms with Gasteiger partial charge in [0.15, 0.2) is 10.9 Å². The second kappa shape index (κ2) is 7.16. The third-order valence-corrected chi connectivity index (χ3v) is 6.17. The largest absolute Gasteiger partial charge is 0.345 e. The molecular formula is C17H16F2N4OS2. The van der Waals surface area contributed by atoms with Crippen LogP contribution in [0.4, 0.5) is 18.7 Å². The summed E-state index contributed by atoms with van der Waals surface area (Å²) in [7, 11) is 0. The third kappa shape index (κ3) is 3.49. The molecule has 3 heterocycles. The summed E-state index contributed by atoms with van der Waals surface area (Å²) in [6, 6.07) is 6.00. The van der Waals surface area contributed by atoms with Crippen LogP contribution in [-0.4, -0.2) is 42.1 Å². The van der Waals surface area contributed by atoms with Gasteiger partial charge in [0, 0.05) is 37.1 Å². The lowest BCUT2D eigenvalue weighted by atomic mass is 10.3. The average molecular weight is 394 g/mol. The van der Waals surface area contributed by atoms with Crippen molar-refractivity contribution in [1.29, 1.82) is 0 Å². The summed E-state index contributed by atoms with van der Waals surface area (Å²) in [6.45, 7) is 2.86. The molecule has 0 unspecified atom stereocenters. The van der Waals surface area contributed by atoms with Crippen molar-refractivity contribution in [2.45, 2.75) is 6.54 Å². The van der Waals surface area contributed by atoms with E-state index >= 15 is 0 Å². The van der Waals surface area contributed by atoms with Gasteiger partial charge in [0.1, 0.15) is 11.3 Å². The zero-order valence-electron chi connectivity index (χ0n) is 13.7. The predicted molar refractivity (Wildman–Crippen MR) is 99.9 cm³/mol. The van der Waals surface area contributed by atoms with E-state index in [0.717, 1.165) is 10.9 Å². The lowest BCUT2D eigenvalue weighted by Crippen LogP contribution is -2.51. The van der Waals surface area contributed by atoms with Crippen molar-refractivity contribution in [1.82, 2.24) is 15.2 Å². The molecule has 1 aliphatic heterocycles. The number of thiazole rings is 1. The van der Waals surface area contributed by atoms with E-state index in [0.29, 0.717) is 42.6 Å². The van der Waals surface area contributed by atoms with E-state index in [-0.39, 0.29) is 11.5 Å². The second-order valence-corrected chi connectivity index (χ2v) is 7.98. The van der Waals surface area contributed by atoms with Crippen molar-refractivity contribution >= 4 is 44.1 Å². The Kier molecular flexibility index (Phi) is 4.73. The van der Waals surface area contributed by atoms with Crippen LogP contribution in [0.3, 0.4) is 0 Å². The van der Waals surface area contributed by atoms with E-state index in [9.17, 15) is 13.6 Å². The molecule has 1 aliphatic rings. The number of halogens is 2. The number of urea groups is 1. The van der Waals surface area contributed by atoms with Gasteiger partial charge in [-0.1, -0.05) is 17.4 Å². The molecule has 1 fully saturated rings. The summed E-state index contributed by atoms with van der Waals surface area (Å²) in [5.41, 5.74) is 0.197. The maximum Gasteiger partial charge on any atom is 0.317 e. The summed E-state index contributed by atoms with van der Waals surface area (Å²) < 4.78 is 27.7. The van der Waals surface area contributed by atoms with Crippen LogP contribution < -0.4 is 10.2 Å². The predicted octanol–water partition coefficient (Wildman–Crippen LogP) is 3.67. The van der Waals surface area contributed by atoms with Gasteiger partial charge in [0.05, 0.1) is 11.2 Å². The van der Waals surface area contributed by atoms with E-state index in [4.69, 9.17) is 0 Å². The van der Waals surface area contributed by atoms with Crippen LogP contribution in [0.2, 0.25) is 0 Å². The highest BCUT2D eigenvalue weighted by Gasteiger charge is 2.23. The fourth-order valence-electron chi connectivity index (χ4n) is 2.87. The Bertz CT molecular complexity index is 920. The van der Waals surface area contributed by atoms with Crippen molar-refractivity contribution in [2.75, 3.05) is 31.1 Å². The summed E-state index contributed by atoms with van der Waals surface area (Å²) >= 11 is 2.88. The average Bonchev–Trinajstić information content (AvgIpc) is 3.29. The van der Waals surface area contributed by atoms with Crippen molar-refractivity contribution in [3.63, 3.8) is 0 Å². The number of nitrogens with one attached hydrogen (secondary N) is 1.